The van der Waals surface area contributed by atoms with Gasteiger partial charge in [0.25, 0.3) is 0 Å². The fourth-order valence-electron chi connectivity index (χ4n) is 2.14. The first-order chi connectivity index (χ1) is 9.93. The zero-order valence-electron chi connectivity index (χ0n) is 12.9. The summed E-state index contributed by atoms with van der Waals surface area (Å²) in [5, 5.41) is 5.32. The predicted molar refractivity (Wildman–Crippen MR) is 95.4 cm³/mol. The normalized spacial score (nSPS) is 8.55. The van der Waals surface area contributed by atoms with Gasteiger partial charge in [0.05, 0.1) is 0 Å². The molecule has 0 aliphatic heterocycles. The van der Waals surface area contributed by atoms with Crippen LogP contribution in [0.15, 0.2) is 91.5 Å². The molecule has 0 bridgehead atoms. The molecule has 0 aromatic heterocycles. The first-order valence-corrected chi connectivity index (χ1v) is 6.55. The van der Waals surface area contributed by atoms with Crippen LogP contribution >= 0.6 is 0 Å². The SMILES string of the molecule is [CH-]=C.[CH3-].[Ti+4].c1ccc2[cH-]ccc2c1.c1ccc2[cH-]ccc2c1. The Morgan fingerprint density at radius 1 is 0.636 bits per heavy atom. The first kappa shape index (κ1) is 20.1. The van der Waals surface area contributed by atoms with Crippen molar-refractivity contribution in [3.63, 3.8) is 0 Å². The minimum Gasteiger partial charge on any atom is -0.521 e. The molecule has 0 aliphatic carbocycles. The van der Waals surface area contributed by atoms with Gasteiger partial charge in [0.15, 0.2) is 0 Å². The van der Waals surface area contributed by atoms with Crippen molar-refractivity contribution in [1.29, 1.82) is 0 Å². The van der Waals surface area contributed by atoms with Crippen molar-refractivity contribution in [2.75, 3.05) is 0 Å². The van der Waals surface area contributed by atoms with E-state index in [4.69, 9.17) is 0 Å². The van der Waals surface area contributed by atoms with Gasteiger partial charge in [0.2, 0.25) is 0 Å². The zero-order valence-corrected chi connectivity index (χ0v) is 14.4. The van der Waals surface area contributed by atoms with E-state index in [-0.39, 0.29) is 29.1 Å². The Balaban J connectivity index is 0.000000334. The summed E-state index contributed by atoms with van der Waals surface area (Å²) in [6.07, 6.45) is 0. The molecule has 108 valence electrons. The molecule has 0 aliphatic rings. The molecule has 4 aromatic carbocycles. The smallest absolute Gasteiger partial charge is 0.521 e. The molecular formula is C21H20Ti. The van der Waals surface area contributed by atoms with Crippen LogP contribution in [0.2, 0.25) is 0 Å². The van der Waals surface area contributed by atoms with Gasteiger partial charge in [-0.25, -0.2) is 0 Å². The van der Waals surface area contributed by atoms with Crippen LogP contribution in [-0.2, 0) is 21.7 Å². The Morgan fingerprint density at radius 2 is 1.00 bits per heavy atom. The molecule has 22 heavy (non-hydrogen) atoms. The average Bonchev–Trinajstić information content (AvgIpc) is 3.18. The summed E-state index contributed by atoms with van der Waals surface area (Å²) < 4.78 is 0. The fourth-order valence-corrected chi connectivity index (χ4v) is 2.14. The van der Waals surface area contributed by atoms with Gasteiger partial charge in [-0.3, -0.25) is 6.58 Å². The Morgan fingerprint density at radius 3 is 1.36 bits per heavy atom. The third-order valence-electron chi connectivity index (χ3n) is 3.10. The van der Waals surface area contributed by atoms with Crippen molar-refractivity contribution in [3.05, 3.63) is 106 Å². The second-order valence-corrected chi connectivity index (χ2v) is 4.31. The molecule has 0 nitrogen and oxygen atoms in total. The summed E-state index contributed by atoms with van der Waals surface area (Å²) in [5.74, 6) is 0. The van der Waals surface area contributed by atoms with E-state index in [1.54, 1.807) is 0 Å². The molecule has 0 fully saturated rings. The largest absolute Gasteiger partial charge is 4.00 e. The van der Waals surface area contributed by atoms with E-state index in [9.17, 15) is 0 Å². The number of fused-ring (bicyclic) bond motifs is 2. The molecule has 0 heterocycles. The number of benzene rings is 2. The second kappa shape index (κ2) is 10.8. The zero-order chi connectivity index (χ0) is 14.2. The van der Waals surface area contributed by atoms with Crippen molar-refractivity contribution in [3.8, 4) is 0 Å². The standard InChI is InChI=1S/2C9H7.C2H3.CH3.Ti/c2*1-2-5-9-7-3-6-8(9)4-1;1-2;;/h2*1-7H;1H,2H2;1H3;/q4*-1;+4. The molecule has 1 heteroatoms. The quantitative estimate of drug-likeness (QED) is 0.268. The van der Waals surface area contributed by atoms with E-state index >= 15 is 0 Å². The third-order valence-corrected chi connectivity index (χ3v) is 3.10. The van der Waals surface area contributed by atoms with Crippen molar-refractivity contribution >= 4 is 21.5 Å². The third kappa shape index (κ3) is 5.14. The molecule has 0 saturated carbocycles. The average molecular weight is 320 g/mol. The van der Waals surface area contributed by atoms with Crippen LogP contribution < -0.4 is 0 Å². The van der Waals surface area contributed by atoms with E-state index in [1.165, 1.54) is 21.5 Å². The van der Waals surface area contributed by atoms with Crippen molar-refractivity contribution in [2.45, 2.75) is 0 Å². The van der Waals surface area contributed by atoms with E-state index < -0.39 is 0 Å². The molecule has 4 aromatic rings. The Bertz CT molecular complexity index is 635. The van der Waals surface area contributed by atoms with Crippen molar-refractivity contribution < 1.29 is 21.7 Å². The van der Waals surface area contributed by atoms with Crippen LogP contribution in [0.5, 0.6) is 0 Å². The first-order valence-electron chi connectivity index (χ1n) is 6.55. The molecule has 0 atom stereocenters. The summed E-state index contributed by atoms with van der Waals surface area (Å²) in [6.45, 7) is 7.00. The molecule has 0 radical (unpaired) electrons. The number of hydrogen-bond donors (Lipinski definition) is 0. The Hall–Kier alpha value is -1.89. The fraction of sp³-hybridized carbons (Fsp3) is 0. The second-order valence-electron chi connectivity index (χ2n) is 4.31. The number of rotatable bonds is 0. The molecular weight excluding hydrogens is 300 g/mol. The molecule has 0 spiro atoms. The van der Waals surface area contributed by atoms with Gasteiger partial charge in [-0.15, -0.1) is 59.3 Å². The summed E-state index contributed by atoms with van der Waals surface area (Å²) in [6, 6.07) is 29.3. The van der Waals surface area contributed by atoms with Crippen LogP contribution in [0.3, 0.4) is 0 Å². The maximum Gasteiger partial charge on any atom is 4.00 e. The Kier molecular flexibility index (Phi) is 9.86. The van der Waals surface area contributed by atoms with Crippen LogP contribution in [-0.4, -0.2) is 0 Å². The Labute approximate surface area is 148 Å². The van der Waals surface area contributed by atoms with Crippen LogP contribution in [0, 0.1) is 14.0 Å². The van der Waals surface area contributed by atoms with Crippen molar-refractivity contribution in [1.82, 2.24) is 0 Å². The maximum atomic E-state index is 4.25. The summed E-state index contributed by atoms with van der Waals surface area (Å²) >= 11 is 0. The van der Waals surface area contributed by atoms with Gasteiger partial charge in [-0.2, -0.15) is 35.0 Å². The molecule has 0 saturated heterocycles. The van der Waals surface area contributed by atoms with E-state index in [2.05, 4.69) is 98.1 Å². The predicted octanol–water partition coefficient (Wildman–Crippen LogP) is 6.17. The van der Waals surface area contributed by atoms with Crippen molar-refractivity contribution in [2.24, 2.45) is 0 Å². The van der Waals surface area contributed by atoms with E-state index in [0.717, 1.165) is 0 Å². The van der Waals surface area contributed by atoms with Gasteiger partial charge >= 0.3 is 21.7 Å². The minimum absolute atomic E-state index is 0. The topological polar surface area (TPSA) is 0 Å². The van der Waals surface area contributed by atoms with Gasteiger partial charge < -0.3 is 14.0 Å². The van der Waals surface area contributed by atoms with Gasteiger partial charge in [-0.05, 0) is 0 Å². The molecule has 0 unspecified atom stereocenters. The molecule has 0 N–H and O–H groups in total. The van der Waals surface area contributed by atoms with Gasteiger partial charge in [0.1, 0.15) is 0 Å². The summed E-state index contributed by atoms with van der Waals surface area (Å²) in [4.78, 5) is 0. The summed E-state index contributed by atoms with van der Waals surface area (Å²) in [7, 11) is 0. The van der Waals surface area contributed by atoms with Crippen LogP contribution in [0.4, 0.5) is 0 Å². The summed E-state index contributed by atoms with van der Waals surface area (Å²) in [5.41, 5.74) is 0. The van der Waals surface area contributed by atoms with Crippen LogP contribution in [0.1, 0.15) is 0 Å². The maximum absolute atomic E-state index is 4.25. The van der Waals surface area contributed by atoms with Gasteiger partial charge in [0, 0.05) is 0 Å². The van der Waals surface area contributed by atoms with Crippen LogP contribution in [0.25, 0.3) is 21.5 Å². The molecule has 4 rings (SSSR count). The molecule has 0 amide bonds. The van der Waals surface area contributed by atoms with E-state index in [0.29, 0.717) is 0 Å². The minimum atomic E-state index is 0. The van der Waals surface area contributed by atoms with Gasteiger partial charge in [-0.1, -0.05) is 12.1 Å². The number of hydrogen-bond acceptors (Lipinski definition) is 0. The monoisotopic (exact) mass is 320 g/mol. The van der Waals surface area contributed by atoms with E-state index in [1.807, 2.05) is 0 Å².